The van der Waals surface area contributed by atoms with Gasteiger partial charge in [0.15, 0.2) is 0 Å². The molecule has 0 radical (unpaired) electrons. The summed E-state index contributed by atoms with van der Waals surface area (Å²) in [5.41, 5.74) is 0. The number of carbonyl (C=O) groups is 1. The lowest BCUT2D eigenvalue weighted by molar-refractivity contribution is -0.122. The predicted molar refractivity (Wildman–Crippen MR) is 42.1 cm³/mol. The van der Waals surface area contributed by atoms with E-state index in [0.29, 0.717) is 12.0 Å². The third kappa shape index (κ3) is 1.71. The summed E-state index contributed by atoms with van der Waals surface area (Å²) in [6, 6.07) is 0.553. The Morgan fingerprint density at radius 1 is 1.45 bits per heavy atom. The van der Waals surface area contributed by atoms with Gasteiger partial charge in [0.2, 0.25) is 5.91 Å². The second-order valence-corrected chi connectivity index (χ2v) is 3.46. The van der Waals surface area contributed by atoms with Gasteiger partial charge in [-0.15, -0.1) is 0 Å². The quantitative estimate of drug-likeness (QED) is 0.594. The molecule has 11 heavy (non-hydrogen) atoms. The van der Waals surface area contributed by atoms with E-state index in [4.69, 9.17) is 0 Å². The zero-order valence-electron chi connectivity index (χ0n) is 6.60. The fourth-order valence-electron chi connectivity index (χ4n) is 1.24. The largest absolute Gasteiger partial charge is 0.354 e. The highest BCUT2D eigenvalue weighted by Gasteiger charge is 2.30. The average Bonchev–Trinajstić information content (AvgIpc) is 2.64. The smallest absolute Gasteiger partial charge is 0.223 e. The Morgan fingerprint density at radius 2 is 2.18 bits per heavy atom. The van der Waals surface area contributed by atoms with Gasteiger partial charge in [-0.05, 0) is 25.8 Å². The minimum Gasteiger partial charge on any atom is -0.354 e. The molecule has 2 fully saturated rings. The van der Waals surface area contributed by atoms with Crippen molar-refractivity contribution in [2.75, 3.05) is 13.1 Å². The second kappa shape index (κ2) is 2.81. The topological polar surface area (TPSA) is 41.1 Å². The Bertz CT molecular complexity index is 161. The van der Waals surface area contributed by atoms with Crippen LogP contribution in [0.4, 0.5) is 0 Å². The van der Waals surface area contributed by atoms with Crippen molar-refractivity contribution < 1.29 is 4.79 Å². The molecule has 1 atom stereocenters. The summed E-state index contributed by atoms with van der Waals surface area (Å²) >= 11 is 0. The highest BCUT2D eigenvalue weighted by Crippen LogP contribution is 2.28. The Balaban J connectivity index is 1.60. The minimum absolute atomic E-state index is 0.263. The van der Waals surface area contributed by atoms with Crippen LogP contribution in [0.5, 0.6) is 0 Å². The van der Waals surface area contributed by atoms with Crippen molar-refractivity contribution in [2.24, 2.45) is 5.92 Å². The predicted octanol–water partition coefficient (Wildman–Crippen LogP) is -0.126. The second-order valence-electron chi connectivity index (χ2n) is 3.46. The van der Waals surface area contributed by atoms with Crippen LogP contribution in [0, 0.1) is 5.92 Å². The van der Waals surface area contributed by atoms with Crippen molar-refractivity contribution in [1.82, 2.24) is 10.6 Å². The molecule has 1 unspecified atom stereocenters. The number of hydrogen-bond acceptors (Lipinski definition) is 2. The van der Waals surface area contributed by atoms with E-state index < -0.39 is 0 Å². The summed E-state index contributed by atoms with van der Waals surface area (Å²) in [6.45, 7) is 1.94. The molecule has 2 rings (SSSR count). The lowest BCUT2D eigenvalue weighted by Gasteiger charge is -2.27. The molecule has 2 N–H and O–H groups in total. The Morgan fingerprint density at radius 3 is 2.64 bits per heavy atom. The van der Waals surface area contributed by atoms with Gasteiger partial charge in [0.1, 0.15) is 0 Å². The summed E-state index contributed by atoms with van der Waals surface area (Å²) in [5.74, 6) is 0.619. The van der Waals surface area contributed by atoms with Crippen LogP contribution < -0.4 is 10.6 Å². The maximum Gasteiger partial charge on any atom is 0.223 e. The van der Waals surface area contributed by atoms with E-state index in [0.717, 1.165) is 25.9 Å². The standard InChI is InChI=1S/C8H14N2O/c11-8(6-1-2-6)10-5-7-3-4-9-7/h6-7,9H,1-5H2,(H,10,11). The van der Waals surface area contributed by atoms with E-state index in [1.165, 1.54) is 6.42 Å². The maximum atomic E-state index is 11.1. The fourth-order valence-corrected chi connectivity index (χ4v) is 1.24. The summed E-state index contributed by atoms with van der Waals surface area (Å²) in [7, 11) is 0. The van der Waals surface area contributed by atoms with Crippen LogP contribution in [0.2, 0.25) is 0 Å². The SMILES string of the molecule is O=C(NCC1CCN1)C1CC1. The summed E-state index contributed by atoms with van der Waals surface area (Å²) in [5, 5.41) is 6.19. The van der Waals surface area contributed by atoms with Crippen molar-refractivity contribution in [3.8, 4) is 0 Å². The maximum absolute atomic E-state index is 11.1. The van der Waals surface area contributed by atoms with Gasteiger partial charge in [-0.1, -0.05) is 0 Å². The van der Waals surface area contributed by atoms with E-state index in [1.54, 1.807) is 0 Å². The lowest BCUT2D eigenvalue weighted by atomic mass is 10.1. The molecule has 62 valence electrons. The van der Waals surface area contributed by atoms with Crippen molar-refractivity contribution >= 4 is 5.91 Å². The van der Waals surface area contributed by atoms with Crippen LogP contribution in [-0.2, 0) is 4.79 Å². The van der Waals surface area contributed by atoms with E-state index in [1.807, 2.05) is 0 Å². The van der Waals surface area contributed by atoms with Crippen LogP contribution in [0.15, 0.2) is 0 Å². The van der Waals surface area contributed by atoms with Gasteiger partial charge in [-0.2, -0.15) is 0 Å². The molecule has 1 heterocycles. The first kappa shape index (κ1) is 7.10. The molecule has 0 aromatic heterocycles. The molecular formula is C8H14N2O. The molecule has 1 saturated heterocycles. The molecule has 0 bridgehead atoms. The molecule has 1 saturated carbocycles. The Kier molecular flexibility index (Phi) is 1.82. The van der Waals surface area contributed by atoms with Gasteiger partial charge in [-0.25, -0.2) is 0 Å². The first-order chi connectivity index (χ1) is 5.36. The van der Waals surface area contributed by atoms with Gasteiger partial charge in [0.05, 0.1) is 0 Å². The lowest BCUT2D eigenvalue weighted by Crippen LogP contribution is -2.50. The highest BCUT2D eigenvalue weighted by molar-refractivity contribution is 5.80. The van der Waals surface area contributed by atoms with E-state index in [9.17, 15) is 4.79 Å². The number of nitrogens with one attached hydrogen (secondary N) is 2. The Labute approximate surface area is 66.5 Å². The normalized spacial score (nSPS) is 29.3. The summed E-state index contributed by atoms with van der Waals surface area (Å²) in [6.07, 6.45) is 3.42. The average molecular weight is 154 g/mol. The summed E-state index contributed by atoms with van der Waals surface area (Å²) in [4.78, 5) is 11.1. The number of hydrogen-bond donors (Lipinski definition) is 2. The van der Waals surface area contributed by atoms with Gasteiger partial charge in [0, 0.05) is 18.5 Å². The highest BCUT2D eigenvalue weighted by atomic mass is 16.2. The first-order valence-corrected chi connectivity index (χ1v) is 4.37. The van der Waals surface area contributed by atoms with Crippen LogP contribution >= 0.6 is 0 Å². The molecule has 1 aliphatic heterocycles. The molecular weight excluding hydrogens is 140 g/mol. The van der Waals surface area contributed by atoms with Crippen molar-refractivity contribution in [3.05, 3.63) is 0 Å². The van der Waals surface area contributed by atoms with Gasteiger partial charge in [-0.3, -0.25) is 4.79 Å². The van der Waals surface area contributed by atoms with Crippen LogP contribution in [0.3, 0.4) is 0 Å². The molecule has 0 aromatic carbocycles. The third-order valence-corrected chi connectivity index (χ3v) is 2.40. The number of amides is 1. The number of rotatable bonds is 3. The molecule has 3 heteroatoms. The van der Waals surface area contributed by atoms with Crippen molar-refractivity contribution in [2.45, 2.75) is 25.3 Å². The van der Waals surface area contributed by atoms with Crippen LogP contribution in [0.1, 0.15) is 19.3 Å². The van der Waals surface area contributed by atoms with Gasteiger partial charge in [0.25, 0.3) is 0 Å². The zero-order valence-corrected chi connectivity index (χ0v) is 6.60. The van der Waals surface area contributed by atoms with E-state index in [2.05, 4.69) is 10.6 Å². The molecule has 1 amide bonds. The molecule has 1 aliphatic carbocycles. The molecule has 2 aliphatic rings. The fraction of sp³-hybridized carbons (Fsp3) is 0.875. The monoisotopic (exact) mass is 154 g/mol. The van der Waals surface area contributed by atoms with E-state index in [-0.39, 0.29) is 5.91 Å². The van der Waals surface area contributed by atoms with Crippen LogP contribution in [0.25, 0.3) is 0 Å². The van der Waals surface area contributed by atoms with E-state index >= 15 is 0 Å². The first-order valence-electron chi connectivity index (χ1n) is 4.37. The minimum atomic E-state index is 0.263. The molecule has 3 nitrogen and oxygen atoms in total. The number of carbonyl (C=O) groups excluding carboxylic acids is 1. The third-order valence-electron chi connectivity index (χ3n) is 2.40. The van der Waals surface area contributed by atoms with Crippen LogP contribution in [-0.4, -0.2) is 25.0 Å². The van der Waals surface area contributed by atoms with Crippen molar-refractivity contribution in [1.29, 1.82) is 0 Å². The van der Waals surface area contributed by atoms with Gasteiger partial charge >= 0.3 is 0 Å². The molecule has 0 aromatic rings. The summed E-state index contributed by atoms with van der Waals surface area (Å²) < 4.78 is 0. The molecule has 0 spiro atoms. The zero-order chi connectivity index (χ0) is 7.68. The van der Waals surface area contributed by atoms with Crippen molar-refractivity contribution in [3.63, 3.8) is 0 Å². The Hall–Kier alpha value is -0.570. The van der Waals surface area contributed by atoms with Gasteiger partial charge < -0.3 is 10.6 Å².